The number of nitrogens with two attached hydrogens (primary N) is 1. The summed E-state index contributed by atoms with van der Waals surface area (Å²) in [4.78, 5) is 21.2. The highest BCUT2D eigenvalue weighted by Crippen LogP contribution is 2.27. The molecule has 0 aliphatic rings. The molecule has 0 radical (unpaired) electrons. The number of rotatable bonds is 4. The third-order valence-corrected chi connectivity index (χ3v) is 2.75. The molecule has 6 nitrogen and oxygen atoms in total. The fourth-order valence-corrected chi connectivity index (χ4v) is 1.63. The zero-order chi connectivity index (χ0) is 14.7. The van der Waals surface area contributed by atoms with Gasteiger partial charge in [-0.25, -0.2) is 0 Å². The smallest absolute Gasteiger partial charge is 0.269 e. The summed E-state index contributed by atoms with van der Waals surface area (Å²) < 4.78 is 5.60. The van der Waals surface area contributed by atoms with Gasteiger partial charge in [0.25, 0.3) is 5.69 Å². The predicted molar refractivity (Wildman–Crippen MR) is 72.9 cm³/mol. The van der Waals surface area contributed by atoms with Gasteiger partial charge in [0.15, 0.2) is 0 Å². The number of amides is 1. The molecule has 0 saturated carbocycles. The number of aryl methyl sites for hydroxylation is 1. The van der Waals surface area contributed by atoms with Crippen molar-refractivity contribution in [2.75, 3.05) is 0 Å². The summed E-state index contributed by atoms with van der Waals surface area (Å²) in [6.07, 6.45) is 0. The predicted octanol–water partition coefficient (Wildman–Crippen LogP) is 2.79. The lowest BCUT2D eigenvalue weighted by molar-refractivity contribution is -0.384. The average molecular weight is 272 g/mol. The molecule has 0 saturated heterocycles. The van der Waals surface area contributed by atoms with Crippen molar-refractivity contribution in [3.05, 3.63) is 63.7 Å². The molecule has 0 aliphatic carbocycles. The van der Waals surface area contributed by atoms with Crippen LogP contribution in [0.15, 0.2) is 42.5 Å². The second-order valence-electron chi connectivity index (χ2n) is 4.20. The second kappa shape index (κ2) is 5.40. The van der Waals surface area contributed by atoms with E-state index in [9.17, 15) is 14.9 Å². The minimum Gasteiger partial charge on any atom is -0.457 e. The van der Waals surface area contributed by atoms with E-state index in [2.05, 4.69) is 0 Å². The number of nitro benzene ring substituents is 1. The number of primary amides is 1. The van der Waals surface area contributed by atoms with Crippen LogP contribution in [0.25, 0.3) is 0 Å². The van der Waals surface area contributed by atoms with Crippen LogP contribution in [-0.2, 0) is 0 Å². The van der Waals surface area contributed by atoms with Crippen molar-refractivity contribution in [1.29, 1.82) is 0 Å². The number of nitrogens with zero attached hydrogens (tertiary/aromatic N) is 1. The van der Waals surface area contributed by atoms with Crippen molar-refractivity contribution >= 4 is 11.6 Å². The van der Waals surface area contributed by atoms with Crippen LogP contribution in [0.5, 0.6) is 11.5 Å². The van der Waals surface area contributed by atoms with Gasteiger partial charge in [-0.05, 0) is 36.8 Å². The highest BCUT2D eigenvalue weighted by atomic mass is 16.6. The third kappa shape index (κ3) is 2.92. The van der Waals surface area contributed by atoms with Gasteiger partial charge >= 0.3 is 0 Å². The number of non-ortho nitro benzene ring substituents is 1. The Morgan fingerprint density at radius 3 is 2.40 bits per heavy atom. The van der Waals surface area contributed by atoms with E-state index in [1.807, 2.05) is 6.92 Å². The fourth-order valence-electron chi connectivity index (χ4n) is 1.63. The lowest BCUT2D eigenvalue weighted by Gasteiger charge is -2.09. The Morgan fingerprint density at radius 1 is 1.20 bits per heavy atom. The van der Waals surface area contributed by atoms with E-state index in [1.165, 1.54) is 24.3 Å². The normalized spacial score (nSPS) is 10.1. The van der Waals surface area contributed by atoms with Crippen LogP contribution in [0, 0.1) is 17.0 Å². The SMILES string of the molecule is Cc1ccc(C(N)=O)cc1Oc1ccc([N+](=O)[O-])cc1. The average Bonchev–Trinajstić information content (AvgIpc) is 2.41. The summed E-state index contributed by atoms with van der Waals surface area (Å²) >= 11 is 0. The van der Waals surface area contributed by atoms with Gasteiger partial charge in [0.2, 0.25) is 5.91 Å². The Kier molecular flexibility index (Phi) is 3.65. The lowest BCUT2D eigenvalue weighted by atomic mass is 10.1. The molecule has 0 bridgehead atoms. The third-order valence-electron chi connectivity index (χ3n) is 2.75. The van der Waals surface area contributed by atoms with Gasteiger partial charge in [0.1, 0.15) is 11.5 Å². The molecule has 102 valence electrons. The van der Waals surface area contributed by atoms with Crippen LogP contribution in [0.2, 0.25) is 0 Å². The molecule has 2 rings (SSSR count). The van der Waals surface area contributed by atoms with Crippen molar-refractivity contribution in [2.45, 2.75) is 6.92 Å². The largest absolute Gasteiger partial charge is 0.457 e. The molecular weight excluding hydrogens is 260 g/mol. The molecule has 0 atom stereocenters. The van der Waals surface area contributed by atoms with Gasteiger partial charge in [-0.3, -0.25) is 14.9 Å². The molecule has 0 unspecified atom stereocenters. The number of ether oxygens (including phenoxy) is 1. The van der Waals surface area contributed by atoms with Crippen LogP contribution in [-0.4, -0.2) is 10.8 Å². The van der Waals surface area contributed by atoms with Crippen molar-refractivity contribution < 1.29 is 14.5 Å². The van der Waals surface area contributed by atoms with Crippen LogP contribution < -0.4 is 10.5 Å². The van der Waals surface area contributed by atoms with E-state index < -0.39 is 10.8 Å². The summed E-state index contributed by atoms with van der Waals surface area (Å²) in [5.41, 5.74) is 6.36. The number of benzene rings is 2. The van der Waals surface area contributed by atoms with Crippen molar-refractivity contribution in [1.82, 2.24) is 0 Å². The van der Waals surface area contributed by atoms with Gasteiger partial charge in [-0.1, -0.05) is 6.07 Å². The summed E-state index contributed by atoms with van der Waals surface area (Å²) in [6, 6.07) is 10.6. The zero-order valence-electron chi connectivity index (χ0n) is 10.7. The Balaban J connectivity index is 2.27. The van der Waals surface area contributed by atoms with Crippen molar-refractivity contribution in [3.63, 3.8) is 0 Å². The number of carbonyl (C=O) groups excluding carboxylic acids is 1. The molecule has 0 spiro atoms. The van der Waals surface area contributed by atoms with Crippen LogP contribution >= 0.6 is 0 Å². The maximum absolute atomic E-state index is 11.1. The topological polar surface area (TPSA) is 95.5 Å². The molecule has 20 heavy (non-hydrogen) atoms. The second-order valence-corrected chi connectivity index (χ2v) is 4.20. The Morgan fingerprint density at radius 2 is 1.85 bits per heavy atom. The Bertz CT molecular complexity index is 665. The Labute approximate surface area is 114 Å². The van der Waals surface area contributed by atoms with Crippen molar-refractivity contribution in [3.8, 4) is 11.5 Å². The molecule has 2 aromatic rings. The quantitative estimate of drug-likeness (QED) is 0.683. The summed E-state index contributed by atoms with van der Waals surface area (Å²) in [5, 5.41) is 10.6. The summed E-state index contributed by atoms with van der Waals surface area (Å²) in [7, 11) is 0. The molecule has 0 aliphatic heterocycles. The first kappa shape index (κ1) is 13.5. The zero-order valence-corrected chi connectivity index (χ0v) is 10.7. The van der Waals surface area contributed by atoms with Gasteiger partial charge in [0, 0.05) is 17.7 Å². The van der Waals surface area contributed by atoms with E-state index in [0.29, 0.717) is 17.1 Å². The van der Waals surface area contributed by atoms with Crippen LogP contribution in [0.4, 0.5) is 5.69 Å². The first-order valence-corrected chi connectivity index (χ1v) is 5.80. The van der Waals surface area contributed by atoms with E-state index in [-0.39, 0.29) is 5.69 Å². The Hall–Kier alpha value is -2.89. The monoisotopic (exact) mass is 272 g/mol. The van der Waals surface area contributed by atoms with E-state index in [1.54, 1.807) is 18.2 Å². The van der Waals surface area contributed by atoms with E-state index in [0.717, 1.165) is 5.56 Å². The molecular formula is C14H12N2O4. The maximum Gasteiger partial charge on any atom is 0.269 e. The summed E-state index contributed by atoms with van der Waals surface area (Å²) in [6.45, 7) is 1.82. The number of nitro groups is 1. The molecule has 0 aromatic heterocycles. The van der Waals surface area contributed by atoms with Gasteiger partial charge in [-0.15, -0.1) is 0 Å². The van der Waals surface area contributed by atoms with Crippen LogP contribution in [0.1, 0.15) is 15.9 Å². The first-order chi connectivity index (χ1) is 9.47. The first-order valence-electron chi connectivity index (χ1n) is 5.80. The molecule has 0 heterocycles. The number of carbonyl (C=O) groups is 1. The van der Waals surface area contributed by atoms with Gasteiger partial charge in [-0.2, -0.15) is 0 Å². The highest BCUT2D eigenvalue weighted by Gasteiger charge is 2.08. The molecule has 2 N–H and O–H groups in total. The maximum atomic E-state index is 11.1. The highest BCUT2D eigenvalue weighted by molar-refractivity contribution is 5.93. The summed E-state index contributed by atoms with van der Waals surface area (Å²) in [5.74, 6) is 0.383. The van der Waals surface area contributed by atoms with Crippen LogP contribution in [0.3, 0.4) is 0 Å². The van der Waals surface area contributed by atoms with Crippen molar-refractivity contribution in [2.24, 2.45) is 5.73 Å². The standard InChI is InChI=1S/C14H12N2O4/c1-9-2-3-10(14(15)17)8-13(9)20-12-6-4-11(5-7-12)16(18)19/h2-8H,1H3,(H2,15,17). The molecule has 1 amide bonds. The minimum absolute atomic E-state index is 0.0139. The van der Waals surface area contributed by atoms with Gasteiger partial charge in [0.05, 0.1) is 4.92 Å². The van der Waals surface area contributed by atoms with E-state index >= 15 is 0 Å². The molecule has 2 aromatic carbocycles. The number of hydrogen-bond donors (Lipinski definition) is 1. The number of hydrogen-bond acceptors (Lipinski definition) is 4. The van der Waals surface area contributed by atoms with E-state index in [4.69, 9.17) is 10.5 Å². The lowest BCUT2D eigenvalue weighted by Crippen LogP contribution is -2.10. The molecule has 6 heteroatoms. The van der Waals surface area contributed by atoms with Gasteiger partial charge < -0.3 is 10.5 Å². The molecule has 0 fully saturated rings. The fraction of sp³-hybridized carbons (Fsp3) is 0.0714. The minimum atomic E-state index is -0.543.